The van der Waals surface area contributed by atoms with Crippen molar-refractivity contribution in [2.45, 2.75) is 31.1 Å². The molecule has 0 aromatic heterocycles. The molecule has 2 nitrogen and oxygen atoms in total. The largest absolute Gasteiger partial charge is 0.481 e. The van der Waals surface area contributed by atoms with Gasteiger partial charge in [0.2, 0.25) is 0 Å². The zero-order valence-corrected chi connectivity index (χ0v) is 12.0. The van der Waals surface area contributed by atoms with Crippen molar-refractivity contribution in [3.63, 3.8) is 0 Å². The lowest BCUT2D eigenvalue weighted by molar-refractivity contribution is 0.364. The van der Waals surface area contributed by atoms with E-state index in [1.807, 2.05) is 18.2 Å². The molecule has 0 spiro atoms. The summed E-state index contributed by atoms with van der Waals surface area (Å²) in [6.45, 7) is 2.25. The predicted octanol–water partition coefficient (Wildman–Crippen LogP) is 3.07. The van der Waals surface area contributed by atoms with E-state index in [1.54, 1.807) is 0 Å². The van der Waals surface area contributed by atoms with Crippen molar-refractivity contribution in [2.24, 2.45) is 0 Å². The monoisotopic (exact) mass is 275 g/mol. The minimum atomic E-state index is 0.329. The van der Waals surface area contributed by atoms with Gasteiger partial charge in [-0.15, -0.1) is 6.42 Å². The van der Waals surface area contributed by atoms with Gasteiger partial charge in [0.1, 0.15) is 12.4 Å². The highest BCUT2D eigenvalue weighted by Gasteiger charge is 2.13. The lowest BCUT2D eigenvalue weighted by atomic mass is 10.1. The first-order chi connectivity index (χ1) is 9.40. The van der Waals surface area contributed by atoms with E-state index in [9.17, 15) is 0 Å². The maximum Gasteiger partial charge on any atom is 0.148 e. The molecule has 0 amide bonds. The SMILES string of the molecule is C#CCOc1ccccc1CNCC1CCCCS1. The number of benzene rings is 1. The number of terminal acetylenes is 1. The second-order valence-electron chi connectivity index (χ2n) is 4.72. The van der Waals surface area contributed by atoms with Crippen molar-refractivity contribution >= 4 is 11.8 Å². The molecule has 1 aliphatic rings. The van der Waals surface area contributed by atoms with Crippen LogP contribution in [0.4, 0.5) is 0 Å². The van der Waals surface area contributed by atoms with Crippen LogP contribution < -0.4 is 10.1 Å². The van der Waals surface area contributed by atoms with E-state index < -0.39 is 0 Å². The van der Waals surface area contributed by atoms with E-state index in [-0.39, 0.29) is 0 Å². The van der Waals surface area contributed by atoms with Gasteiger partial charge < -0.3 is 10.1 Å². The number of para-hydroxylation sites is 1. The van der Waals surface area contributed by atoms with Crippen LogP contribution in [0, 0.1) is 12.3 Å². The van der Waals surface area contributed by atoms with Gasteiger partial charge in [0, 0.05) is 23.9 Å². The molecule has 1 heterocycles. The lowest BCUT2D eigenvalue weighted by Crippen LogP contribution is -2.26. The zero-order chi connectivity index (χ0) is 13.3. The van der Waals surface area contributed by atoms with Crippen molar-refractivity contribution < 1.29 is 4.74 Å². The molecule has 1 aromatic rings. The van der Waals surface area contributed by atoms with Crippen molar-refractivity contribution in [1.82, 2.24) is 5.32 Å². The molecule has 102 valence electrons. The third-order valence-electron chi connectivity index (χ3n) is 3.25. The molecule has 1 aliphatic heterocycles. The average Bonchev–Trinajstić information content (AvgIpc) is 2.47. The first kappa shape index (κ1) is 14.3. The summed E-state index contributed by atoms with van der Waals surface area (Å²) in [6.07, 6.45) is 9.33. The van der Waals surface area contributed by atoms with Crippen LogP contribution in [-0.4, -0.2) is 24.2 Å². The van der Waals surface area contributed by atoms with Gasteiger partial charge >= 0.3 is 0 Å². The fourth-order valence-corrected chi connectivity index (χ4v) is 3.52. The Bertz CT molecular complexity index is 421. The fraction of sp³-hybridized carbons (Fsp3) is 0.500. The van der Waals surface area contributed by atoms with Gasteiger partial charge in [0.25, 0.3) is 0 Å². The molecule has 0 aliphatic carbocycles. The Labute approximate surface area is 120 Å². The van der Waals surface area contributed by atoms with Gasteiger partial charge in [-0.3, -0.25) is 0 Å². The third kappa shape index (κ3) is 4.81. The summed E-state index contributed by atoms with van der Waals surface area (Å²) >= 11 is 2.10. The van der Waals surface area contributed by atoms with E-state index in [2.05, 4.69) is 29.1 Å². The highest BCUT2D eigenvalue weighted by Crippen LogP contribution is 2.24. The highest BCUT2D eigenvalue weighted by molar-refractivity contribution is 7.99. The van der Waals surface area contributed by atoms with Crippen molar-refractivity contribution in [3.05, 3.63) is 29.8 Å². The molecule has 0 bridgehead atoms. The average molecular weight is 275 g/mol. The number of rotatable bonds is 6. The van der Waals surface area contributed by atoms with Crippen LogP contribution in [0.25, 0.3) is 0 Å². The number of hydrogen-bond acceptors (Lipinski definition) is 3. The van der Waals surface area contributed by atoms with Crippen molar-refractivity contribution in [1.29, 1.82) is 0 Å². The summed E-state index contributed by atoms with van der Waals surface area (Å²) < 4.78 is 5.55. The Morgan fingerprint density at radius 1 is 1.37 bits per heavy atom. The Morgan fingerprint density at radius 2 is 2.26 bits per heavy atom. The molecule has 19 heavy (non-hydrogen) atoms. The zero-order valence-electron chi connectivity index (χ0n) is 11.2. The summed E-state index contributed by atoms with van der Waals surface area (Å²) in [5, 5.41) is 4.31. The van der Waals surface area contributed by atoms with Gasteiger partial charge in [-0.25, -0.2) is 0 Å². The minimum Gasteiger partial charge on any atom is -0.481 e. The Morgan fingerprint density at radius 3 is 3.05 bits per heavy atom. The predicted molar refractivity (Wildman–Crippen MR) is 82.6 cm³/mol. The highest BCUT2D eigenvalue weighted by atomic mass is 32.2. The molecule has 2 rings (SSSR count). The molecular formula is C16H21NOS. The summed E-state index contributed by atoms with van der Waals surface area (Å²) in [7, 11) is 0. The minimum absolute atomic E-state index is 0.329. The van der Waals surface area contributed by atoms with Gasteiger partial charge in [-0.05, 0) is 24.7 Å². The topological polar surface area (TPSA) is 21.3 Å². The number of thioether (sulfide) groups is 1. The Balaban J connectivity index is 1.79. The fourth-order valence-electron chi connectivity index (χ4n) is 2.25. The van der Waals surface area contributed by atoms with E-state index in [1.165, 1.54) is 30.6 Å². The van der Waals surface area contributed by atoms with Crippen molar-refractivity contribution in [3.8, 4) is 18.1 Å². The molecule has 1 atom stereocenters. The molecule has 1 fully saturated rings. The van der Waals surface area contributed by atoms with Gasteiger partial charge in [0.15, 0.2) is 0 Å². The molecule has 1 aromatic carbocycles. The van der Waals surface area contributed by atoms with Crippen LogP contribution in [-0.2, 0) is 6.54 Å². The van der Waals surface area contributed by atoms with Crippen LogP contribution in [0.1, 0.15) is 24.8 Å². The molecule has 1 unspecified atom stereocenters. The number of ether oxygens (including phenoxy) is 1. The van der Waals surface area contributed by atoms with Crippen molar-refractivity contribution in [2.75, 3.05) is 18.9 Å². The number of nitrogens with one attached hydrogen (secondary N) is 1. The maximum absolute atomic E-state index is 5.55. The van der Waals surface area contributed by atoms with E-state index in [0.29, 0.717) is 6.61 Å². The Hall–Kier alpha value is -1.11. The molecular weight excluding hydrogens is 254 g/mol. The molecule has 0 radical (unpaired) electrons. The van der Waals surface area contributed by atoms with E-state index >= 15 is 0 Å². The molecule has 3 heteroatoms. The van der Waals surface area contributed by atoms with Crippen LogP contribution >= 0.6 is 11.8 Å². The van der Waals surface area contributed by atoms with E-state index in [4.69, 9.17) is 11.2 Å². The second kappa shape index (κ2) is 8.14. The third-order valence-corrected chi connectivity index (χ3v) is 4.64. The summed E-state index contributed by atoms with van der Waals surface area (Å²) in [5.74, 6) is 4.71. The summed E-state index contributed by atoms with van der Waals surface area (Å²) in [4.78, 5) is 0. The van der Waals surface area contributed by atoms with Crippen LogP contribution in [0.2, 0.25) is 0 Å². The normalized spacial score (nSPS) is 18.8. The van der Waals surface area contributed by atoms with E-state index in [0.717, 1.165) is 24.1 Å². The quantitative estimate of drug-likeness (QED) is 0.806. The Kier molecular flexibility index (Phi) is 6.13. The van der Waals surface area contributed by atoms with Gasteiger partial charge in [-0.2, -0.15) is 11.8 Å². The van der Waals surface area contributed by atoms with Gasteiger partial charge in [-0.1, -0.05) is 30.5 Å². The first-order valence-corrected chi connectivity index (χ1v) is 7.91. The second-order valence-corrected chi connectivity index (χ2v) is 6.13. The smallest absolute Gasteiger partial charge is 0.148 e. The first-order valence-electron chi connectivity index (χ1n) is 6.86. The standard InChI is InChI=1S/C16H21NOS/c1-2-10-18-16-9-4-3-7-14(16)12-17-13-15-8-5-6-11-19-15/h1,3-4,7,9,15,17H,5-6,8,10-13H2. The lowest BCUT2D eigenvalue weighted by Gasteiger charge is -2.21. The number of hydrogen-bond donors (Lipinski definition) is 1. The maximum atomic E-state index is 5.55. The summed E-state index contributed by atoms with van der Waals surface area (Å²) in [5.41, 5.74) is 1.18. The molecule has 1 saturated heterocycles. The molecule has 0 saturated carbocycles. The molecule has 1 N–H and O–H groups in total. The summed E-state index contributed by atoms with van der Waals surface area (Å²) in [6, 6.07) is 8.08. The van der Waals surface area contributed by atoms with Crippen LogP contribution in [0.15, 0.2) is 24.3 Å². The van der Waals surface area contributed by atoms with Crippen LogP contribution in [0.5, 0.6) is 5.75 Å². The van der Waals surface area contributed by atoms with Crippen LogP contribution in [0.3, 0.4) is 0 Å². The van der Waals surface area contributed by atoms with Gasteiger partial charge in [0.05, 0.1) is 0 Å².